The Morgan fingerprint density at radius 2 is 2.04 bits per heavy atom. The molecule has 1 saturated heterocycles. The Bertz CT molecular complexity index is 957. The molecule has 3 aromatic rings. The van der Waals surface area contributed by atoms with Crippen molar-refractivity contribution in [1.29, 1.82) is 0 Å². The number of benzene rings is 1. The molecular weight excluding hydrogens is 324 g/mol. The Hall–Kier alpha value is -1.99. The van der Waals surface area contributed by atoms with Crippen molar-refractivity contribution in [2.75, 3.05) is 31.7 Å². The minimum absolute atomic E-state index is 0.0385. The lowest BCUT2D eigenvalue weighted by atomic mass is 10.2. The van der Waals surface area contributed by atoms with Crippen LogP contribution in [0.25, 0.3) is 21.8 Å². The molecule has 0 amide bonds. The summed E-state index contributed by atoms with van der Waals surface area (Å²) in [4.78, 5) is 15.2. The molecule has 7 heteroatoms. The van der Waals surface area contributed by atoms with E-state index in [1.807, 2.05) is 41.6 Å². The second-order valence-electron chi connectivity index (χ2n) is 6.03. The third-order valence-corrected chi connectivity index (χ3v) is 5.59. The molecule has 0 aliphatic carbocycles. The van der Waals surface area contributed by atoms with Crippen LogP contribution < -0.4 is 10.3 Å². The normalized spacial score (nSPS) is 16.1. The number of rotatable bonds is 3. The summed E-state index contributed by atoms with van der Waals surface area (Å²) in [5, 5.41) is 6.30. The third-order valence-electron chi connectivity index (χ3n) is 4.65. The SMILES string of the molecule is COc1ccc2c(c1)c1cnn(CN3CCSCC3)c(=O)c1n2C. The standard InChI is InChI=1S/C17H20N4O2S/c1-19-15-4-3-12(23-2)9-13(15)14-10-18-21(17(22)16(14)19)11-20-5-7-24-8-6-20/h3-4,9-10H,5-8,11H2,1-2H3. The van der Waals surface area contributed by atoms with Gasteiger partial charge in [0, 0.05) is 47.9 Å². The van der Waals surface area contributed by atoms with E-state index in [9.17, 15) is 4.79 Å². The molecule has 6 nitrogen and oxygen atoms in total. The van der Waals surface area contributed by atoms with E-state index in [0.717, 1.165) is 46.6 Å². The molecule has 1 aliphatic heterocycles. The van der Waals surface area contributed by atoms with Gasteiger partial charge in [-0.05, 0) is 18.2 Å². The zero-order valence-electron chi connectivity index (χ0n) is 13.9. The zero-order chi connectivity index (χ0) is 16.7. The summed E-state index contributed by atoms with van der Waals surface area (Å²) in [5.41, 5.74) is 1.67. The van der Waals surface area contributed by atoms with Crippen molar-refractivity contribution in [3.8, 4) is 5.75 Å². The van der Waals surface area contributed by atoms with Crippen LogP contribution in [0.5, 0.6) is 5.75 Å². The van der Waals surface area contributed by atoms with E-state index in [-0.39, 0.29) is 5.56 Å². The Morgan fingerprint density at radius 3 is 2.79 bits per heavy atom. The fourth-order valence-electron chi connectivity index (χ4n) is 3.30. The smallest absolute Gasteiger partial charge is 0.292 e. The number of methoxy groups -OCH3 is 1. The molecule has 2 aromatic heterocycles. The lowest BCUT2D eigenvalue weighted by Gasteiger charge is -2.25. The van der Waals surface area contributed by atoms with E-state index < -0.39 is 0 Å². The molecule has 24 heavy (non-hydrogen) atoms. The van der Waals surface area contributed by atoms with Crippen molar-refractivity contribution in [3.63, 3.8) is 0 Å². The highest BCUT2D eigenvalue weighted by molar-refractivity contribution is 7.99. The molecule has 0 atom stereocenters. The van der Waals surface area contributed by atoms with Crippen LogP contribution in [-0.4, -0.2) is 51.0 Å². The second kappa shape index (κ2) is 6.14. The molecule has 1 aliphatic rings. The summed E-state index contributed by atoms with van der Waals surface area (Å²) >= 11 is 1.96. The first-order valence-corrected chi connectivity index (χ1v) is 9.17. The number of aryl methyl sites for hydroxylation is 1. The predicted molar refractivity (Wildman–Crippen MR) is 97.9 cm³/mol. The van der Waals surface area contributed by atoms with Crippen molar-refractivity contribution in [3.05, 3.63) is 34.7 Å². The van der Waals surface area contributed by atoms with Gasteiger partial charge in [-0.15, -0.1) is 0 Å². The third kappa shape index (κ3) is 2.48. The summed E-state index contributed by atoms with van der Waals surface area (Å²) in [7, 11) is 3.58. The van der Waals surface area contributed by atoms with Crippen molar-refractivity contribution < 1.29 is 4.74 Å². The number of fused-ring (bicyclic) bond motifs is 3. The minimum atomic E-state index is -0.0385. The van der Waals surface area contributed by atoms with Crippen LogP contribution in [0.4, 0.5) is 0 Å². The van der Waals surface area contributed by atoms with Gasteiger partial charge in [0.15, 0.2) is 0 Å². The molecule has 0 radical (unpaired) electrons. The number of hydrogen-bond donors (Lipinski definition) is 0. The highest BCUT2D eigenvalue weighted by Crippen LogP contribution is 2.28. The molecule has 0 bridgehead atoms. The van der Waals surface area contributed by atoms with Crippen molar-refractivity contribution in [2.45, 2.75) is 6.67 Å². The van der Waals surface area contributed by atoms with Crippen molar-refractivity contribution in [2.24, 2.45) is 7.05 Å². The van der Waals surface area contributed by atoms with Crippen LogP contribution in [-0.2, 0) is 13.7 Å². The highest BCUT2D eigenvalue weighted by atomic mass is 32.2. The maximum atomic E-state index is 13.0. The number of thioether (sulfide) groups is 1. The molecule has 4 rings (SSSR count). The summed E-state index contributed by atoms with van der Waals surface area (Å²) in [6.07, 6.45) is 1.80. The number of aromatic nitrogens is 3. The van der Waals surface area contributed by atoms with Gasteiger partial charge in [-0.25, -0.2) is 4.68 Å². The Morgan fingerprint density at radius 1 is 1.25 bits per heavy atom. The maximum absolute atomic E-state index is 13.0. The van der Waals surface area contributed by atoms with Gasteiger partial charge in [0.25, 0.3) is 5.56 Å². The summed E-state index contributed by atoms with van der Waals surface area (Å²) in [5.74, 6) is 3.01. The molecule has 0 spiro atoms. The second-order valence-corrected chi connectivity index (χ2v) is 7.25. The molecule has 0 unspecified atom stereocenters. The van der Waals surface area contributed by atoms with E-state index in [2.05, 4.69) is 10.00 Å². The minimum Gasteiger partial charge on any atom is -0.497 e. The van der Waals surface area contributed by atoms with E-state index in [1.165, 1.54) is 0 Å². The monoisotopic (exact) mass is 344 g/mol. The molecule has 1 aromatic carbocycles. The molecule has 1 fully saturated rings. The van der Waals surface area contributed by atoms with Gasteiger partial charge in [-0.1, -0.05) is 0 Å². The van der Waals surface area contributed by atoms with Gasteiger partial charge in [0.05, 0.1) is 20.0 Å². The van der Waals surface area contributed by atoms with Crippen LogP contribution in [0.2, 0.25) is 0 Å². The van der Waals surface area contributed by atoms with Crippen LogP contribution in [0.15, 0.2) is 29.2 Å². The average Bonchev–Trinajstić information content (AvgIpc) is 2.91. The van der Waals surface area contributed by atoms with Gasteiger partial charge in [-0.3, -0.25) is 9.69 Å². The lowest BCUT2D eigenvalue weighted by molar-refractivity contribution is 0.223. The van der Waals surface area contributed by atoms with E-state index in [1.54, 1.807) is 18.0 Å². The van der Waals surface area contributed by atoms with Crippen LogP contribution >= 0.6 is 11.8 Å². The van der Waals surface area contributed by atoms with Gasteiger partial charge in [-0.2, -0.15) is 16.9 Å². The maximum Gasteiger partial charge on any atom is 0.292 e. The molecule has 3 heterocycles. The summed E-state index contributed by atoms with van der Waals surface area (Å²) in [6, 6.07) is 5.86. The van der Waals surface area contributed by atoms with Gasteiger partial charge in [0.1, 0.15) is 11.3 Å². The summed E-state index contributed by atoms with van der Waals surface area (Å²) < 4.78 is 8.85. The van der Waals surface area contributed by atoms with Gasteiger partial charge in [0.2, 0.25) is 0 Å². The van der Waals surface area contributed by atoms with Gasteiger partial charge < -0.3 is 9.30 Å². The van der Waals surface area contributed by atoms with Crippen molar-refractivity contribution >= 4 is 33.6 Å². The zero-order valence-corrected chi connectivity index (χ0v) is 14.7. The largest absolute Gasteiger partial charge is 0.497 e. The van der Waals surface area contributed by atoms with Crippen LogP contribution in [0.1, 0.15) is 0 Å². The van der Waals surface area contributed by atoms with E-state index in [0.29, 0.717) is 12.2 Å². The topological polar surface area (TPSA) is 52.3 Å². The first-order valence-electron chi connectivity index (χ1n) is 8.01. The Balaban J connectivity index is 1.84. The van der Waals surface area contributed by atoms with E-state index >= 15 is 0 Å². The fourth-order valence-corrected chi connectivity index (χ4v) is 4.28. The van der Waals surface area contributed by atoms with Crippen molar-refractivity contribution in [1.82, 2.24) is 19.2 Å². The Kier molecular flexibility index (Phi) is 3.97. The van der Waals surface area contributed by atoms with E-state index in [4.69, 9.17) is 4.74 Å². The average molecular weight is 344 g/mol. The number of ether oxygens (including phenoxy) is 1. The molecule has 0 saturated carbocycles. The molecular formula is C17H20N4O2S. The molecule has 126 valence electrons. The predicted octanol–water partition coefficient (Wildman–Crippen LogP) is 1.90. The first-order chi connectivity index (χ1) is 11.7. The van der Waals surface area contributed by atoms with Crippen LogP contribution in [0, 0.1) is 0 Å². The molecule has 0 N–H and O–H groups in total. The lowest BCUT2D eigenvalue weighted by Crippen LogP contribution is -2.38. The highest BCUT2D eigenvalue weighted by Gasteiger charge is 2.17. The number of nitrogens with zero attached hydrogens (tertiary/aromatic N) is 4. The first kappa shape index (κ1) is 15.5. The fraction of sp³-hybridized carbons (Fsp3) is 0.412. The Labute approximate surface area is 144 Å². The summed E-state index contributed by atoms with van der Waals surface area (Å²) in [6.45, 7) is 2.56. The van der Waals surface area contributed by atoms with Gasteiger partial charge >= 0.3 is 0 Å². The number of hydrogen-bond acceptors (Lipinski definition) is 5. The quantitative estimate of drug-likeness (QED) is 0.726. The van der Waals surface area contributed by atoms with Crippen LogP contribution in [0.3, 0.4) is 0 Å².